The lowest BCUT2D eigenvalue weighted by Gasteiger charge is -2.29. The van der Waals surface area contributed by atoms with Gasteiger partial charge >= 0.3 is 12.5 Å². The first-order valence-corrected chi connectivity index (χ1v) is 5.77. The fourth-order valence-electron chi connectivity index (χ4n) is 1.67. The van der Waals surface area contributed by atoms with Gasteiger partial charge in [0.1, 0.15) is 11.6 Å². The first kappa shape index (κ1) is 15.1. The van der Waals surface area contributed by atoms with E-state index in [1.54, 1.807) is 0 Å². The van der Waals surface area contributed by atoms with E-state index in [0.29, 0.717) is 0 Å². The van der Waals surface area contributed by atoms with Crippen LogP contribution in [0, 0.1) is 0 Å². The van der Waals surface area contributed by atoms with Gasteiger partial charge in [-0.3, -0.25) is 5.73 Å². The maximum Gasteiger partial charge on any atom is 0.461 e. The van der Waals surface area contributed by atoms with Crippen LogP contribution in [0.5, 0.6) is 5.75 Å². The molecule has 0 amide bonds. The van der Waals surface area contributed by atoms with Gasteiger partial charge in [-0.1, -0.05) is 12.1 Å². The van der Waals surface area contributed by atoms with Crippen LogP contribution in [0.25, 0.3) is 0 Å². The van der Waals surface area contributed by atoms with Crippen LogP contribution in [0.1, 0.15) is 5.56 Å². The first-order chi connectivity index (χ1) is 9.73. The monoisotopic (exact) mass is 304 g/mol. The van der Waals surface area contributed by atoms with E-state index in [9.17, 15) is 17.6 Å². The molecule has 5 N–H and O–H groups in total. The molecule has 1 heterocycles. The third kappa shape index (κ3) is 3.24. The van der Waals surface area contributed by atoms with Gasteiger partial charge in [0.15, 0.2) is 0 Å². The Kier molecular flexibility index (Phi) is 3.77. The number of alkyl halides is 4. The average molecular weight is 304 g/mol. The zero-order valence-corrected chi connectivity index (χ0v) is 10.6. The summed E-state index contributed by atoms with van der Waals surface area (Å²) in [6.45, 7) is 0. The maximum atomic E-state index is 12.9. The smallest absolute Gasteiger partial charge is 0.428 e. The van der Waals surface area contributed by atoms with Crippen LogP contribution in [0.4, 0.5) is 17.6 Å². The van der Waals surface area contributed by atoms with Crippen molar-refractivity contribution in [3.8, 4) is 5.75 Å². The number of hydrogen-bond acceptors (Lipinski definition) is 5. The second kappa shape index (κ2) is 5.24. The van der Waals surface area contributed by atoms with E-state index in [1.165, 1.54) is 24.4 Å². The molecule has 5 nitrogen and oxygen atoms in total. The molecule has 2 rings (SSSR count). The van der Waals surface area contributed by atoms with Crippen molar-refractivity contribution in [2.75, 3.05) is 0 Å². The number of nitrogens with zero attached hydrogens (tertiary/aromatic N) is 1. The van der Waals surface area contributed by atoms with E-state index in [1.807, 2.05) is 0 Å². The summed E-state index contributed by atoms with van der Waals surface area (Å²) in [4.78, 5) is 3.94. The van der Waals surface area contributed by atoms with Gasteiger partial charge in [-0.2, -0.15) is 17.6 Å². The van der Waals surface area contributed by atoms with Crippen LogP contribution in [-0.2, 0) is 5.79 Å². The summed E-state index contributed by atoms with van der Waals surface area (Å²) in [5.41, 5.74) is 11.7. The standard InChI is InChI=1S/C12H12F4N4O/c13-10(14)11(15,16)21-8-3-1-2-7(6-8)12(18)19-5-4-9(17)20-12/h1-6,10,19H,18H2,(H2,17,20). The van der Waals surface area contributed by atoms with Crippen molar-refractivity contribution in [2.24, 2.45) is 16.5 Å². The molecule has 0 radical (unpaired) electrons. The number of nitrogens with two attached hydrogens (primary N) is 2. The predicted octanol–water partition coefficient (Wildman–Crippen LogP) is 1.47. The van der Waals surface area contributed by atoms with Crippen LogP contribution in [0.3, 0.4) is 0 Å². The van der Waals surface area contributed by atoms with Gasteiger partial charge in [0.05, 0.1) is 0 Å². The van der Waals surface area contributed by atoms with Gasteiger partial charge in [-0.05, 0) is 18.2 Å². The van der Waals surface area contributed by atoms with Crippen LogP contribution in [0.15, 0.2) is 41.5 Å². The van der Waals surface area contributed by atoms with Crippen molar-refractivity contribution in [3.63, 3.8) is 0 Å². The number of rotatable bonds is 4. The zero-order valence-electron chi connectivity index (χ0n) is 10.6. The fraction of sp³-hybridized carbons (Fsp3) is 0.250. The van der Waals surface area contributed by atoms with Crippen LogP contribution in [-0.4, -0.2) is 18.4 Å². The van der Waals surface area contributed by atoms with E-state index < -0.39 is 24.1 Å². The van der Waals surface area contributed by atoms with Crippen LogP contribution >= 0.6 is 0 Å². The molecule has 1 aliphatic heterocycles. The zero-order chi connectivity index (χ0) is 15.7. The van der Waals surface area contributed by atoms with Crippen LogP contribution < -0.4 is 21.5 Å². The fourth-order valence-corrected chi connectivity index (χ4v) is 1.67. The Balaban J connectivity index is 2.29. The number of benzene rings is 1. The summed E-state index contributed by atoms with van der Waals surface area (Å²) < 4.78 is 54.0. The third-order valence-electron chi connectivity index (χ3n) is 2.65. The van der Waals surface area contributed by atoms with E-state index in [4.69, 9.17) is 11.5 Å². The average Bonchev–Trinajstić information content (AvgIpc) is 2.38. The van der Waals surface area contributed by atoms with E-state index in [2.05, 4.69) is 15.0 Å². The topological polar surface area (TPSA) is 85.7 Å². The van der Waals surface area contributed by atoms with E-state index >= 15 is 0 Å². The van der Waals surface area contributed by atoms with Crippen molar-refractivity contribution >= 4 is 5.84 Å². The van der Waals surface area contributed by atoms with Gasteiger partial charge in [-0.15, -0.1) is 0 Å². The lowest BCUT2D eigenvalue weighted by Crippen LogP contribution is -2.49. The molecule has 1 aromatic rings. The summed E-state index contributed by atoms with van der Waals surface area (Å²) >= 11 is 0. The molecule has 1 aromatic carbocycles. The van der Waals surface area contributed by atoms with E-state index in [0.717, 1.165) is 12.1 Å². The number of aliphatic imine (C=N–C) groups is 1. The Morgan fingerprint density at radius 1 is 1.33 bits per heavy atom. The van der Waals surface area contributed by atoms with Gasteiger partial charge in [0.25, 0.3) is 0 Å². The summed E-state index contributed by atoms with van der Waals surface area (Å²) in [6.07, 6.45) is -5.65. The van der Waals surface area contributed by atoms with Crippen molar-refractivity contribution in [3.05, 3.63) is 42.1 Å². The largest absolute Gasteiger partial charge is 0.461 e. The molecule has 0 spiro atoms. The molecule has 9 heteroatoms. The number of hydrogen-bond donors (Lipinski definition) is 3. The number of ether oxygens (including phenoxy) is 1. The lowest BCUT2D eigenvalue weighted by atomic mass is 10.1. The lowest BCUT2D eigenvalue weighted by molar-refractivity contribution is -0.253. The highest BCUT2D eigenvalue weighted by Gasteiger charge is 2.44. The number of amidine groups is 1. The first-order valence-electron chi connectivity index (χ1n) is 5.77. The van der Waals surface area contributed by atoms with Crippen molar-refractivity contribution in [2.45, 2.75) is 18.3 Å². The Labute approximate surface area is 117 Å². The molecule has 0 aliphatic carbocycles. The van der Waals surface area contributed by atoms with Crippen molar-refractivity contribution in [1.29, 1.82) is 0 Å². The normalized spacial score (nSPS) is 21.9. The summed E-state index contributed by atoms with van der Waals surface area (Å²) in [5.74, 6) is -1.83. The molecular weight excluding hydrogens is 292 g/mol. The molecule has 1 atom stereocenters. The minimum absolute atomic E-state index is 0.125. The predicted molar refractivity (Wildman–Crippen MR) is 67.8 cm³/mol. The Hall–Kier alpha value is -2.29. The summed E-state index contributed by atoms with van der Waals surface area (Å²) in [7, 11) is 0. The van der Waals surface area contributed by atoms with Gasteiger partial charge < -0.3 is 15.8 Å². The second-order valence-electron chi connectivity index (χ2n) is 4.27. The molecule has 114 valence electrons. The molecule has 0 fully saturated rings. The molecule has 1 aliphatic rings. The highest BCUT2D eigenvalue weighted by atomic mass is 19.3. The molecule has 0 bridgehead atoms. The molecule has 1 unspecified atom stereocenters. The van der Waals surface area contributed by atoms with Crippen molar-refractivity contribution in [1.82, 2.24) is 5.32 Å². The molecule has 0 saturated heterocycles. The van der Waals surface area contributed by atoms with Gasteiger partial charge in [0.2, 0.25) is 5.79 Å². The minimum Gasteiger partial charge on any atom is -0.428 e. The minimum atomic E-state index is -4.59. The highest BCUT2D eigenvalue weighted by molar-refractivity contribution is 5.92. The Bertz CT molecular complexity index is 590. The quantitative estimate of drug-likeness (QED) is 0.735. The SMILES string of the molecule is NC1=NC(N)(c2cccc(OC(F)(F)C(F)F)c2)NC=C1. The molecular formula is C12H12F4N4O. The maximum absolute atomic E-state index is 12.9. The Morgan fingerprint density at radius 2 is 2.05 bits per heavy atom. The summed E-state index contributed by atoms with van der Waals surface area (Å²) in [5, 5.41) is 2.69. The number of nitrogens with one attached hydrogen (secondary N) is 1. The van der Waals surface area contributed by atoms with Crippen molar-refractivity contribution < 1.29 is 22.3 Å². The van der Waals surface area contributed by atoms with E-state index in [-0.39, 0.29) is 11.4 Å². The van der Waals surface area contributed by atoms with Gasteiger partial charge in [0, 0.05) is 11.8 Å². The second-order valence-corrected chi connectivity index (χ2v) is 4.27. The van der Waals surface area contributed by atoms with Gasteiger partial charge in [-0.25, -0.2) is 4.99 Å². The number of halogens is 4. The highest BCUT2D eigenvalue weighted by Crippen LogP contribution is 2.30. The third-order valence-corrected chi connectivity index (χ3v) is 2.65. The van der Waals surface area contributed by atoms with Crippen LogP contribution in [0.2, 0.25) is 0 Å². The summed E-state index contributed by atoms with van der Waals surface area (Å²) in [6, 6.07) is 4.98. The Morgan fingerprint density at radius 3 is 2.67 bits per heavy atom. The molecule has 0 saturated carbocycles. The molecule has 21 heavy (non-hydrogen) atoms. The molecule has 0 aromatic heterocycles.